The van der Waals surface area contributed by atoms with E-state index < -0.39 is 35.2 Å². The Kier molecular flexibility index (Phi) is 4.06. The molecule has 1 aliphatic rings. The van der Waals surface area contributed by atoms with Gasteiger partial charge in [0.25, 0.3) is 0 Å². The summed E-state index contributed by atoms with van der Waals surface area (Å²) in [5, 5.41) is 11.5. The first-order valence-corrected chi connectivity index (χ1v) is 5.81. The van der Waals surface area contributed by atoms with E-state index >= 15 is 0 Å². The first kappa shape index (κ1) is 13.8. The molecule has 0 spiro atoms. The molecule has 19 heavy (non-hydrogen) atoms. The number of likely N-dealkylation sites (tertiary alicyclic amines) is 1. The van der Waals surface area contributed by atoms with Gasteiger partial charge in [0.1, 0.15) is 0 Å². The van der Waals surface area contributed by atoms with Crippen LogP contribution >= 0.6 is 0 Å². The average molecular weight is 274 g/mol. The molecule has 1 atom stereocenters. The van der Waals surface area contributed by atoms with E-state index in [0.717, 1.165) is 12.1 Å². The van der Waals surface area contributed by atoms with Gasteiger partial charge in [0, 0.05) is 13.1 Å². The molecule has 1 amide bonds. The number of β-amino-alcohol motifs (C(OH)–C–C–N with tert-alkyl or cyclic N) is 1. The normalized spacial score (nSPS) is 19.7. The topological polar surface area (TPSA) is 52.6 Å². The van der Waals surface area contributed by atoms with E-state index in [2.05, 4.69) is 5.32 Å². The molecule has 0 bridgehead atoms. The summed E-state index contributed by atoms with van der Waals surface area (Å²) in [7, 11) is 0. The van der Waals surface area contributed by atoms with Gasteiger partial charge >= 0.3 is 0 Å². The second-order valence-electron chi connectivity index (χ2n) is 4.45. The number of carbonyl (C=O) groups is 1. The number of amides is 1. The number of aliphatic hydroxyl groups is 1. The quantitative estimate of drug-likeness (QED) is 0.812. The third kappa shape index (κ3) is 3.24. The Labute approximate surface area is 107 Å². The van der Waals surface area contributed by atoms with Gasteiger partial charge in [-0.25, -0.2) is 13.2 Å². The Morgan fingerprint density at radius 2 is 2.11 bits per heavy atom. The van der Waals surface area contributed by atoms with Crippen LogP contribution < -0.4 is 5.32 Å². The first-order valence-electron chi connectivity index (χ1n) is 5.81. The minimum atomic E-state index is -1.62. The molecule has 1 aromatic carbocycles. The third-order valence-electron chi connectivity index (χ3n) is 2.92. The van der Waals surface area contributed by atoms with Gasteiger partial charge in [0.05, 0.1) is 18.3 Å². The van der Waals surface area contributed by atoms with Crippen LogP contribution in [0, 0.1) is 17.5 Å². The van der Waals surface area contributed by atoms with Crippen molar-refractivity contribution in [3.8, 4) is 0 Å². The van der Waals surface area contributed by atoms with E-state index in [1.165, 1.54) is 0 Å². The van der Waals surface area contributed by atoms with Crippen molar-refractivity contribution in [2.45, 2.75) is 12.5 Å². The van der Waals surface area contributed by atoms with E-state index in [-0.39, 0.29) is 6.54 Å². The van der Waals surface area contributed by atoms with Crippen molar-refractivity contribution in [3.05, 3.63) is 29.6 Å². The van der Waals surface area contributed by atoms with Crippen LogP contribution in [0.1, 0.15) is 6.42 Å². The van der Waals surface area contributed by atoms with E-state index in [0.29, 0.717) is 19.5 Å². The van der Waals surface area contributed by atoms with Gasteiger partial charge in [-0.1, -0.05) is 0 Å². The fourth-order valence-corrected chi connectivity index (χ4v) is 1.97. The van der Waals surface area contributed by atoms with Crippen LogP contribution in [0.25, 0.3) is 0 Å². The highest BCUT2D eigenvalue weighted by Gasteiger charge is 2.22. The van der Waals surface area contributed by atoms with Gasteiger partial charge in [0.15, 0.2) is 17.5 Å². The van der Waals surface area contributed by atoms with Gasteiger partial charge in [-0.2, -0.15) is 0 Å². The lowest BCUT2D eigenvalue weighted by atomic mass is 10.2. The number of hydrogen-bond donors (Lipinski definition) is 2. The Morgan fingerprint density at radius 3 is 2.74 bits per heavy atom. The molecule has 2 N–H and O–H groups in total. The zero-order valence-corrected chi connectivity index (χ0v) is 10.00. The van der Waals surface area contributed by atoms with E-state index in [9.17, 15) is 23.1 Å². The first-order chi connectivity index (χ1) is 8.97. The molecule has 1 aromatic rings. The van der Waals surface area contributed by atoms with Crippen molar-refractivity contribution in [2.75, 3.05) is 25.0 Å². The van der Waals surface area contributed by atoms with E-state index in [1.54, 1.807) is 4.90 Å². The van der Waals surface area contributed by atoms with Gasteiger partial charge in [-0.3, -0.25) is 9.69 Å². The Morgan fingerprint density at radius 1 is 1.37 bits per heavy atom. The number of hydrogen-bond acceptors (Lipinski definition) is 3. The predicted molar refractivity (Wildman–Crippen MR) is 62.0 cm³/mol. The maximum atomic E-state index is 13.3. The molecule has 1 aliphatic heterocycles. The highest BCUT2D eigenvalue weighted by Crippen LogP contribution is 2.19. The van der Waals surface area contributed by atoms with Crippen molar-refractivity contribution in [3.63, 3.8) is 0 Å². The number of halogens is 3. The lowest BCUT2D eigenvalue weighted by Crippen LogP contribution is -2.32. The summed E-state index contributed by atoms with van der Waals surface area (Å²) in [5.74, 6) is -4.89. The van der Waals surface area contributed by atoms with Crippen molar-refractivity contribution >= 4 is 11.6 Å². The molecule has 1 fully saturated rings. The number of nitrogens with one attached hydrogen (secondary N) is 1. The minimum absolute atomic E-state index is 0.0322. The average Bonchev–Trinajstić information content (AvgIpc) is 2.75. The van der Waals surface area contributed by atoms with Gasteiger partial charge in [-0.05, 0) is 18.6 Å². The lowest BCUT2D eigenvalue weighted by Gasteiger charge is -2.14. The molecule has 0 radical (unpaired) electrons. The maximum absolute atomic E-state index is 13.3. The van der Waals surface area contributed by atoms with Crippen molar-refractivity contribution in [2.24, 2.45) is 0 Å². The second-order valence-corrected chi connectivity index (χ2v) is 4.45. The van der Waals surface area contributed by atoms with Crippen LogP contribution in [0.4, 0.5) is 18.9 Å². The summed E-state index contributed by atoms with van der Waals surface area (Å²) in [4.78, 5) is 13.3. The standard InChI is InChI=1S/C12H13F3N2O2/c13-8-1-2-9(12(15)11(8)14)16-10(19)6-17-4-3-7(18)5-17/h1-2,7,18H,3-6H2,(H,16,19)/t7-/m0/s1. The van der Waals surface area contributed by atoms with Gasteiger partial charge < -0.3 is 10.4 Å². The highest BCUT2D eigenvalue weighted by molar-refractivity contribution is 5.92. The summed E-state index contributed by atoms with van der Waals surface area (Å²) < 4.78 is 39.0. The Balaban J connectivity index is 1.97. The second kappa shape index (κ2) is 5.58. The van der Waals surface area contributed by atoms with Gasteiger partial charge in [-0.15, -0.1) is 0 Å². The van der Waals surface area contributed by atoms with Crippen molar-refractivity contribution < 1.29 is 23.1 Å². The van der Waals surface area contributed by atoms with Crippen LogP contribution in [0.2, 0.25) is 0 Å². The zero-order chi connectivity index (χ0) is 14.0. The van der Waals surface area contributed by atoms with Crippen LogP contribution in [-0.4, -0.2) is 41.7 Å². The SMILES string of the molecule is O=C(CN1CC[C@H](O)C1)Nc1ccc(F)c(F)c1F. The number of aliphatic hydroxyl groups excluding tert-OH is 1. The Bertz CT molecular complexity index is 496. The molecule has 2 rings (SSSR count). The number of carbonyl (C=O) groups excluding carboxylic acids is 1. The minimum Gasteiger partial charge on any atom is -0.392 e. The Hall–Kier alpha value is -1.60. The molecular weight excluding hydrogens is 261 g/mol. The highest BCUT2D eigenvalue weighted by atomic mass is 19.2. The molecule has 0 aliphatic carbocycles. The van der Waals surface area contributed by atoms with Crippen molar-refractivity contribution in [1.29, 1.82) is 0 Å². The molecule has 104 valence electrons. The van der Waals surface area contributed by atoms with Crippen LogP contribution in [0.3, 0.4) is 0 Å². The molecule has 0 unspecified atom stereocenters. The molecule has 1 heterocycles. The predicted octanol–water partition coefficient (Wildman–Crippen LogP) is 1.11. The number of nitrogens with zero attached hydrogens (tertiary/aromatic N) is 1. The van der Waals surface area contributed by atoms with Crippen LogP contribution in [0.15, 0.2) is 12.1 Å². The monoisotopic (exact) mass is 274 g/mol. The van der Waals surface area contributed by atoms with Crippen molar-refractivity contribution in [1.82, 2.24) is 4.90 Å². The van der Waals surface area contributed by atoms with Gasteiger partial charge in [0.2, 0.25) is 5.91 Å². The number of anilines is 1. The zero-order valence-electron chi connectivity index (χ0n) is 10.00. The summed E-state index contributed by atoms with van der Waals surface area (Å²) in [6, 6.07) is 1.71. The number of benzene rings is 1. The molecular formula is C12H13F3N2O2. The van der Waals surface area contributed by atoms with E-state index in [4.69, 9.17) is 0 Å². The third-order valence-corrected chi connectivity index (χ3v) is 2.92. The largest absolute Gasteiger partial charge is 0.392 e. The molecule has 4 nitrogen and oxygen atoms in total. The van der Waals surface area contributed by atoms with Crippen LogP contribution in [0.5, 0.6) is 0 Å². The fraction of sp³-hybridized carbons (Fsp3) is 0.417. The maximum Gasteiger partial charge on any atom is 0.238 e. The summed E-state index contributed by atoms with van der Waals surface area (Å²) >= 11 is 0. The molecule has 0 aromatic heterocycles. The summed E-state index contributed by atoms with van der Waals surface area (Å²) in [6.07, 6.45) is 0.111. The number of rotatable bonds is 3. The lowest BCUT2D eigenvalue weighted by molar-refractivity contribution is -0.117. The summed E-state index contributed by atoms with van der Waals surface area (Å²) in [5.41, 5.74) is -0.399. The molecule has 0 saturated carbocycles. The summed E-state index contributed by atoms with van der Waals surface area (Å²) in [6.45, 7) is 0.901. The van der Waals surface area contributed by atoms with E-state index in [1.807, 2.05) is 0 Å². The smallest absolute Gasteiger partial charge is 0.238 e. The molecule has 7 heteroatoms. The molecule has 1 saturated heterocycles. The fourth-order valence-electron chi connectivity index (χ4n) is 1.97. The van der Waals surface area contributed by atoms with Crippen LogP contribution in [-0.2, 0) is 4.79 Å².